The average molecular weight is 731 g/mol. The van der Waals surface area contributed by atoms with Crippen molar-refractivity contribution in [3.05, 3.63) is 47.2 Å². The lowest BCUT2D eigenvalue weighted by Crippen LogP contribution is -2.61. The van der Waals surface area contributed by atoms with Crippen LogP contribution in [0.15, 0.2) is 24.3 Å². The quantitative estimate of drug-likeness (QED) is 0.0514. The third-order valence-electron chi connectivity index (χ3n) is 9.55. The minimum absolute atomic E-state index is 0.0151. The van der Waals surface area contributed by atoms with Crippen LogP contribution in [0.2, 0.25) is 0 Å². The minimum Gasteiger partial charge on any atom is -0.508 e. The number of nitrogens with one attached hydrogen (secondary N) is 2. The molecule has 4 aromatic rings. The lowest BCUT2D eigenvalue weighted by molar-refractivity contribution is -0.413. The number of anilines is 1. The summed E-state index contributed by atoms with van der Waals surface area (Å²) in [7, 11) is 0. The fourth-order valence-corrected chi connectivity index (χ4v) is 7.03. The molecule has 1 fully saturated rings. The van der Waals surface area contributed by atoms with Crippen LogP contribution in [0, 0.1) is 35.8 Å². The van der Waals surface area contributed by atoms with Gasteiger partial charge in [-0.1, -0.05) is 18.9 Å². The zero-order valence-electron chi connectivity index (χ0n) is 28.0. The second-order valence-electron chi connectivity index (χ2n) is 13.1. The SMILES string of the molecule is C#Cc1c(F)ccc2cc(O)cc(-c3nc4c5c(nc(OC(O)(O)C6CN(C(O)(O)O)CCC6C(F)F)nc5c3F)NC(CNCCC)CCC4)c12. The van der Waals surface area contributed by atoms with E-state index in [1.165, 1.54) is 18.2 Å². The number of pyridine rings is 1. The van der Waals surface area contributed by atoms with Crippen molar-refractivity contribution in [3.63, 3.8) is 0 Å². The molecule has 0 bridgehead atoms. The van der Waals surface area contributed by atoms with E-state index in [0.717, 1.165) is 12.5 Å². The number of likely N-dealkylation sites (tertiary alicyclic amines) is 1. The number of hydrogen-bond acceptors (Lipinski definition) is 13. The summed E-state index contributed by atoms with van der Waals surface area (Å²) in [6.45, 7) is 1.87. The Morgan fingerprint density at radius 1 is 1.10 bits per heavy atom. The molecule has 17 heteroatoms. The van der Waals surface area contributed by atoms with E-state index in [1.807, 2.05) is 6.92 Å². The Bertz CT molecular complexity index is 2020. The number of fused-ring (bicyclic) bond motifs is 1. The number of ether oxygens (including phenoxy) is 1. The highest BCUT2D eigenvalue weighted by molar-refractivity contribution is 6.03. The zero-order chi connectivity index (χ0) is 37.5. The van der Waals surface area contributed by atoms with E-state index >= 15 is 4.39 Å². The van der Waals surface area contributed by atoms with Crippen molar-refractivity contribution in [2.45, 2.75) is 63.6 Å². The van der Waals surface area contributed by atoms with Gasteiger partial charge in [0.05, 0.1) is 22.6 Å². The topological polar surface area (TPSA) is 197 Å². The van der Waals surface area contributed by atoms with Gasteiger partial charge in [0.2, 0.25) is 6.43 Å². The summed E-state index contributed by atoms with van der Waals surface area (Å²) in [6, 6.07) is 3.87. The van der Waals surface area contributed by atoms with E-state index < -0.39 is 73.0 Å². The van der Waals surface area contributed by atoms with Gasteiger partial charge >= 0.3 is 18.1 Å². The summed E-state index contributed by atoms with van der Waals surface area (Å²) in [6.07, 6.45) is 0.880. The molecule has 0 amide bonds. The monoisotopic (exact) mass is 730 g/mol. The molecule has 3 atom stereocenters. The predicted octanol–water partition coefficient (Wildman–Crippen LogP) is 2.74. The van der Waals surface area contributed by atoms with Gasteiger partial charge in [-0.15, -0.1) is 6.42 Å². The number of aromatic nitrogens is 3. The molecule has 1 saturated heterocycles. The Morgan fingerprint density at radius 3 is 2.56 bits per heavy atom. The molecule has 0 aliphatic carbocycles. The molecule has 2 aromatic heterocycles. The van der Waals surface area contributed by atoms with Gasteiger partial charge in [0, 0.05) is 42.5 Å². The first-order valence-corrected chi connectivity index (χ1v) is 16.8. The molecular formula is C35H38F4N6O7. The second kappa shape index (κ2) is 14.5. The maximum Gasteiger partial charge on any atom is 0.345 e. The van der Waals surface area contributed by atoms with Crippen LogP contribution in [0.3, 0.4) is 0 Å². The van der Waals surface area contributed by atoms with Crippen LogP contribution >= 0.6 is 0 Å². The molecule has 278 valence electrons. The number of piperidine rings is 1. The third kappa shape index (κ3) is 7.28. The van der Waals surface area contributed by atoms with Gasteiger partial charge in [-0.05, 0) is 62.2 Å². The lowest BCUT2D eigenvalue weighted by atomic mass is 9.83. The van der Waals surface area contributed by atoms with E-state index in [2.05, 4.69) is 31.5 Å². The summed E-state index contributed by atoms with van der Waals surface area (Å²) < 4.78 is 65.6. The predicted molar refractivity (Wildman–Crippen MR) is 180 cm³/mol. The zero-order valence-corrected chi connectivity index (χ0v) is 28.0. The molecule has 3 unspecified atom stereocenters. The number of aromatic hydroxyl groups is 1. The van der Waals surface area contributed by atoms with Crippen LogP contribution in [-0.4, -0.2) is 101 Å². The van der Waals surface area contributed by atoms with Crippen LogP contribution < -0.4 is 15.4 Å². The van der Waals surface area contributed by atoms with E-state index in [4.69, 9.17) is 11.2 Å². The van der Waals surface area contributed by atoms with Crippen molar-refractivity contribution < 1.29 is 52.9 Å². The maximum atomic E-state index is 17.0. The highest BCUT2D eigenvalue weighted by atomic mass is 19.3. The van der Waals surface area contributed by atoms with Crippen molar-refractivity contribution in [2.24, 2.45) is 11.8 Å². The molecule has 4 heterocycles. The number of rotatable bonds is 10. The van der Waals surface area contributed by atoms with Gasteiger partial charge in [-0.25, -0.2) is 27.4 Å². The number of alkyl halides is 2. The summed E-state index contributed by atoms with van der Waals surface area (Å²) in [5.74, 6) is -7.12. The van der Waals surface area contributed by atoms with E-state index in [9.17, 15) is 43.8 Å². The summed E-state index contributed by atoms with van der Waals surface area (Å²) in [5.41, 5.74) is -0.755. The summed E-state index contributed by atoms with van der Waals surface area (Å²) in [5, 5.41) is 69.1. The number of aliphatic hydroxyl groups is 5. The smallest absolute Gasteiger partial charge is 0.345 e. The lowest BCUT2D eigenvalue weighted by Gasteiger charge is -2.44. The maximum absolute atomic E-state index is 17.0. The molecule has 2 aliphatic heterocycles. The van der Waals surface area contributed by atoms with Gasteiger partial charge in [0.15, 0.2) is 5.82 Å². The molecule has 0 spiro atoms. The van der Waals surface area contributed by atoms with Crippen LogP contribution in [0.25, 0.3) is 32.9 Å². The Morgan fingerprint density at radius 2 is 1.87 bits per heavy atom. The second-order valence-corrected chi connectivity index (χ2v) is 13.1. The molecule has 8 N–H and O–H groups in total. The molecule has 6 rings (SSSR count). The Hall–Kier alpha value is -4.41. The number of aryl methyl sites for hydroxylation is 1. The van der Waals surface area contributed by atoms with Gasteiger partial charge in [-0.3, -0.25) is 0 Å². The number of nitrogens with zero attached hydrogens (tertiary/aromatic N) is 4. The van der Waals surface area contributed by atoms with Crippen LogP contribution in [0.1, 0.15) is 43.9 Å². The van der Waals surface area contributed by atoms with E-state index in [-0.39, 0.29) is 45.2 Å². The van der Waals surface area contributed by atoms with Crippen LogP contribution in [-0.2, 0) is 6.42 Å². The standard InChI is InChI=1S/C35H38F4N6O7/c1-3-11-40-15-18-6-5-7-25-27-30(28(37)29(42-25)22-14-19(46)13-17-8-9-24(36)20(4-2)26(17)22)43-33(44-32(27)41-18)52-34(47,48)23-16-45(35(49,50)51)12-10-21(23)31(38)39/h2,8-9,13-14,18,21,23,31,40,46-51H,3,5-7,10-12,15-16H2,1H3,(H,41,43,44). The average Bonchev–Trinajstić information content (AvgIpc) is 3.07. The number of hydrogen-bond donors (Lipinski definition) is 8. The number of phenols is 1. The Kier molecular flexibility index (Phi) is 10.4. The first-order valence-electron chi connectivity index (χ1n) is 16.8. The largest absolute Gasteiger partial charge is 0.508 e. The third-order valence-corrected chi connectivity index (χ3v) is 9.55. The van der Waals surface area contributed by atoms with E-state index in [0.29, 0.717) is 48.3 Å². The van der Waals surface area contributed by atoms with Gasteiger partial charge < -0.3 is 46.0 Å². The summed E-state index contributed by atoms with van der Waals surface area (Å²) >= 11 is 0. The molecule has 2 aromatic carbocycles. The van der Waals surface area contributed by atoms with Crippen molar-refractivity contribution in [1.29, 1.82) is 0 Å². The fourth-order valence-electron chi connectivity index (χ4n) is 7.03. The van der Waals surface area contributed by atoms with Gasteiger partial charge in [-0.2, -0.15) is 9.97 Å². The van der Waals surface area contributed by atoms with Crippen molar-refractivity contribution in [2.75, 3.05) is 31.5 Å². The van der Waals surface area contributed by atoms with Gasteiger partial charge in [0.25, 0.3) is 0 Å². The van der Waals surface area contributed by atoms with Crippen molar-refractivity contribution in [3.8, 4) is 35.4 Å². The molecule has 13 nitrogen and oxygen atoms in total. The van der Waals surface area contributed by atoms with Crippen LogP contribution in [0.5, 0.6) is 11.8 Å². The van der Waals surface area contributed by atoms with Crippen molar-refractivity contribution in [1.82, 2.24) is 25.2 Å². The van der Waals surface area contributed by atoms with E-state index in [1.54, 1.807) is 0 Å². The highest BCUT2D eigenvalue weighted by Gasteiger charge is 2.52. The summed E-state index contributed by atoms with van der Waals surface area (Å²) in [4.78, 5) is 13.6. The number of terminal acetylenes is 1. The normalized spacial score (nSPS) is 20.1. The first-order chi connectivity index (χ1) is 24.6. The Balaban J connectivity index is 1.54. The highest BCUT2D eigenvalue weighted by Crippen LogP contribution is 2.42. The first kappa shape index (κ1) is 37.4. The molecule has 0 radical (unpaired) electrons. The molecule has 0 saturated carbocycles. The number of phenolic OH excluding ortho intramolecular Hbond substituents is 1. The number of halogens is 4. The minimum atomic E-state index is -3.51. The van der Waals surface area contributed by atoms with Crippen LogP contribution in [0.4, 0.5) is 23.4 Å². The van der Waals surface area contributed by atoms with Gasteiger partial charge in [0.1, 0.15) is 28.6 Å². The molecule has 52 heavy (non-hydrogen) atoms. The fraction of sp³-hybridized carbons (Fsp3) is 0.457. The number of benzene rings is 2. The van der Waals surface area contributed by atoms with Crippen molar-refractivity contribution >= 4 is 27.5 Å². The Labute approximate surface area is 294 Å². The molecule has 2 aliphatic rings. The molecular weight excluding hydrogens is 692 g/mol.